The van der Waals surface area contributed by atoms with Gasteiger partial charge in [0, 0.05) is 0 Å². The lowest BCUT2D eigenvalue weighted by Crippen LogP contribution is -2.21. The van der Waals surface area contributed by atoms with Crippen LogP contribution in [-0.4, -0.2) is 11.9 Å². The van der Waals surface area contributed by atoms with Gasteiger partial charge in [-0.05, 0) is 55.8 Å². The van der Waals surface area contributed by atoms with Gasteiger partial charge in [0.25, 0.3) is 0 Å². The van der Waals surface area contributed by atoms with Gasteiger partial charge in [0.05, 0.1) is 16.9 Å². The Morgan fingerprint density at radius 1 is 0.897 bits per heavy atom. The lowest BCUT2D eigenvalue weighted by Gasteiger charge is -2.17. The van der Waals surface area contributed by atoms with Crippen molar-refractivity contribution in [3.05, 3.63) is 83.9 Å². The van der Waals surface area contributed by atoms with Crippen LogP contribution >= 0.6 is 0 Å². The molecular formula is C25H22O4. The maximum absolute atomic E-state index is 12.7. The van der Waals surface area contributed by atoms with E-state index in [0.29, 0.717) is 28.9 Å². The molecule has 0 N–H and O–H groups in total. The second-order valence-corrected chi connectivity index (χ2v) is 7.27. The number of carbonyl (C=O) groups is 2. The summed E-state index contributed by atoms with van der Waals surface area (Å²) in [6, 6.07) is 18.2. The molecule has 0 aliphatic heterocycles. The summed E-state index contributed by atoms with van der Waals surface area (Å²) in [4.78, 5) is 25.3. The molecule has 29 heavy (non-hydrogen) atoms. The second-order valence-electron chi connectivity index (χ2n) is 7.27. The molecule has 4 rings (SSSR count). The third-order valence-corrected chi connectivity index (χ3v) is 5.10. The van der Waals surface area contributed by atoms with Crippen LogP contribution in [0.2, 0.25) is 0 Å². The average Bonchev–Trinajstić information content (AvgIpc) is 2.74. The fraction of sp³-hybridized carbons (Fsp3) is 0.200. The number of hydrogen-bond donors (Lipinski definition) is 0. The van der Waals surface area contributed by atoms with E-state index in [9.17, 15) is 9.59 Å². The molecule has 4 heteroatoms. The molecule has 1 aliphatic rings. The predicted octanol–water partition coefficient (Wildman–Crippen LogP) is 5.63. The third kappa shape index (κ3) is 4.21. The average molecular weight is 386 g/mol. The van der Waals surface area contributed by atoms with Crippen molar-refractivity contribution in [2.24, 2.45) is 5.92 Å². The molecule has 0 bridgehead atoms. The number of ether oxygens (including phenoxy) is 2. The van der Waals surface area contributed by atoms with Crippen molar-refractivity contribution < 1.29 is 19.1 Å². The molecule has 1 unspecified atom stereocenters. The van der Waals surface area contributed by atoms with E-state index in [-0.39, 0.29) is 11.9 Å². The summed E-state index contributed by atoms with van der Waals surface area (Å²) in [5.74, 6) is -0.0469. The van der Waals surface area contributed by atoms with Crippen molar-refractivity contribution in [3.8, 4) is 11.5 Å². The number of hydrogen-bond acceptors (Lipinski definition) is 4. The largest absolute Gasteiger partial charge is 0.426 e. The Balaban J connectivity index is 1.65. The van der Waals surface area contributed by atoms with Crippen LogP contribution in [0.15, 0.2) is 72.8 Å². The van der Waals surface area contributed by atoms with Gasteiger partial charge < -0.3 is 9.47 Å². The number of benzene rings is 3. The quantitative estimate of drug-likeness (QED) is 0.331. The molecule has 1 aliphatic carbocycles. The van der Waals surface area contributed by atoms with E-state index in [0.717, 1.165) is 23.8 Å². The molecule has 146 valence electrons. The minimum atomic E-state index is -0.445. The Bertz CT molecular complexity index is 1090. The Morgan fingerprint density at radius 3 is 2.31 bits per heavy atom. The molecule has 3 aromatic rings. The van der Waals surface area contributed by atoms with Crippen molar-refractivity contribution in [2.45, 2.75) is 26.2 Å². The Labute approximate surface area is 169 Å². The van der Waals surface area contributed by atoms with Gasteiger partial charge in [-0.1, -0.05) is 54.1 Å². The second kappa shape index (κ2) is 8.31. The maximum Gasteiger partial charge on any atom is 0.343 e. The lowest BCUT2D eigenvalue weighted by molar-refractivity contribution is -0.139. The van der Waals surface area contributed by atoms with Crippen molar-refractivity contribution in [3.63, 3.8) is 0 Å². The smallest absolute Gasteiger partial charge is 0.343 e. The minimum Gasteiger partial charge on any atom is -0.426 e. The highest BCUT2D eigenvalue weighted by atomic mass is 16.5. The van der Waals surface area contributed by atoms with Gasteiger partial charge in [-0.25, -0.2) is 4.79 Å². The summed E-state index contributed by atoms with van der Waals surface area (Å²) in [6.07, 6.45) is 6.47. The summed E-state index contributed by atoms with van der Waals surface area (Å²) in [5.41, 5.74) is 1.46. The highest BCUT2D eigenvalue weighted by Gasteiger charge is 2.22. The molecule has 1 atom stereocenters. The van der Waals surface area contributed by atoms with E-state index < -0.39 is 5.97 Å². The summed E-state index contributed by atoms with van der Waals surface area (Å²) >= 11 is 0. The van der Waals surface area contributed by atoms with Crippen molar-refractivity contribution in [1.82, 2.24) is 0 Å². The fourth-order valence-electron chi connectivity index (χ4n) is 3.57. The zero-order chi connectivity index (χ0) is 20.2. The topological polar surface area (TPSA) is 52.6 Å². The van der Waals surface area contributed by atoms with E-state index in [4.69, 9.17) is 9.47 Å². The molecule has 0 spiro atoms. The number of fused-ring (bicyclic) bond motifs is 1. The van der Waals surface area contributed by atoms with E-state index in [1.807, 2.05) is 49.4 Å². The summed E-state index contributed by atoms with van der Waals surface area (Å²) in [7, 11) is 0. The standard InChI is InChI=1S/C25H22O4/c1-17-8-5-13-20(16-17)25(27)29-22-15-7-12-18-11-6-14-21(23(18)22)28-24(26)19-9-3-2-4-10-19/h2-3,5-8,11-16,19H,4,9-10H2,1H3. The van der Waals surface area contributed by atoms with Gasteiger partial charge in [-0.15, -0.1) is 0 Å². The number of esters is 2. The molecule has 0 radical (unpaired) electrons. The first kappa shape index (κ1) is 18.9. The zero-order valence-corrected chi connectivity index (χ0v) is 16.3. The van der Waals surface area contributed by atoms with Crippen LogP contribution in [0.25, 0.3) is 10.8 Å². The Morgan fingerprint density at radius 2 is 1.62 bits per heavy atom. The van der Waals surface area contributed by atoms with Gasteiger partial charge in [0.15, 0.2) is 0 Å². The van der Waals surface area contributed by atoms with Gasteiger partial charge in [-0.3, -0.25) is 4.79 Å². The Kier molecular flexibility index (Phi) is 5.43. The SMILES string of the molecule is Cc1cccc(C(=O)Oc2cccc3cccc(OC(=O)C4CC=CCC4)c23)c1. The summed E-state index contributed by atoms with van der Waals surface area (Å²) in [6.45, 7) is 1.92. The van der Waals surface area contributed by atoms with Crippen LogP contribution < -0.4 is 9.47 Å². The minimum absolute atomic E-state index is 0.141. The van der Waals surface area contributed by atoms with Crippen LogP contribution in [-0.2, 0) is 4.79 Å². The molecule has 0 saturated heterocycles. The summed E-state index contributed by atoms with van der Waals surface area (Å²) < 4.78 is 11.4. The molecule has 0 heterocycles. The predicted molar refractivity (Wildman–Crippen MR) is 112 cm³/mol. The van der Waals surface area contributed by atoms with E-state index >= 15 is 0 Å². The number of allylic oxidation sites excluding steroid dienone is 2. The fourth-order valence-corrected chi connectivity index (χ4v) is 3.57. The molecule has 0 fully saturated rings. The monoisotopic (exact) mass is 386 g/mol. The van der Waals surface area contributed by atoms with E-state index in [1.165, 1.54) is 0 Å². The van der Waals surface area contributed by atoms with Gasteiger partial charge in [-0.2, -0.15) is 0 Å². The van der Waals surface area contributed by atoms with Gasteiger partial charge in [0.2, 0.25) is 0 Å². The van der Waals surface area contributed by atoms with Crippen molar-refractivity contribution in [1.29, 1.82) is 0 Å². The highest BCUT2D eigenvalue weighted by molar-refractivity contribution is 5.99. The Hall–Kier alpha value is -3.40. The normalized spacial score (nSPS) is 15.8. The number of rotatable bonds is 4. The van der Waals surface area contributed by atoms with Crippen LogP contribution in [0.5, 0.6) is 11.5 Å². The molecule has 0 amide bonds. The first-order chi connectivity index (χ1) is 14.1. The number of aryl methyl sites for hydroxylation is 1. The molecule has 3 aromatic carbocycles. The highest BCUT2D eigenvalue weighted by Crippen LogP contribution is 2.35. The first-order valence-corrected chi connectivity index (χ1v) is 9.79. The van der Waals surface area contributed by atoms with Crippen molar-refractivity contribution in [2.75, 3.05) is 0 Å². The number of carbonyl (C=O) groups excluding carboxylic acids is 2. The molecule has 0 saturated carbocycles. The van der Waals surface area contributed by atoms with E-state index in [2.05, 4.69) is 6.08 Å². The van der Waals surface area contributed by atoms with Gasteiger partial charge >= 0.3 is 11.9 Å². The van der Waals surface area contributed by atoms with E-state index in [1.54, 1.807) is 24.3 Å². The van der Waals surface area contributed by atoms with Crippen LogP contribution in [0.1, 0.15) is 35.2 Å². The zero-order valence-electron chi connectivity index (χ0n) is 16.3. The van der Waals surface area contributed by atoms with Crippen molar-refractivity contribution >= 4 is 22.7 Å². The van der Waals surface area contributed by atoms with Crippen LogP contribution in [0.4, 0.5) is 0 Å². The van der Waals surface area contributed by atoms with Crippen LogP contribution in [0, 0.1) is 12.8 Å². The molecular weight excluding hydrogens is 364 g/mol. The third-order valence-electron chi connectivity index (χ3n) is 5.10. The molecule has 0 aromatic heterocycles. The van der Waals surface area contributed by atoms with Crippen LogP contribution in [0.3, 0.4) is 0 Å². The first-order valence-electron chi connectivity index (χ1n) is 9.79. The maximum atomic E-state index is 12.7. The lowest BCUT2D eigenvalue weighted by atomic mass is 9.95. The molecule has 4 nitrogen and oxygen atoms in total. The van der Waals surface area contributed by atoms with Gasteiger partial charge in [0.1, 0.15) is 11.5 Å². The summed E-state index contributed by atoms with van der Waals surface area (Å²) in [5, 5.41) is 1.46.